The van der Waals surface area contributed by atoms with Crippen molar-refractivity contribution in [1.29, 1.82) is 0 Å². The van der Waals surface area contributed by atoms with Crippen LogP contribution in [0.3, 0.4) is 0 Å². The Labute approximate surface area is 137 Å². The van der Waals surface area contributed by atoms with E-state index in [4.69, 9.17) is 0 Å². The van der Waals surface area contributed by atoms with Crippen LogP contribution >= 0.6 is 0 Å². The molecule has 0 saturated carbocycles. The first-order valence-corrected chi connectivity index (χ1v) is 7.27. The average molecular weight is 327 g/mol. The van der Waals surface area contributed by atoms with Gasteiger partial charge in [-0.05, 0) is 18.2 Å². The van der Waals surface area contributed by atoms with Gasteiger partial charge in [-0.2, -0.15) is 9.90 Å². The number of carbonyl (C=O) groups excluding carboxylic acids is 2. The zero-order valence-corrected chi connectivity index (χ0v) is 13.3. The Bertz CT molecular complexity index is 881. The lowest BCUT2D eigenvalue weighted by Gasteiger charge is -2.09. The molecule has 0 spiro atoms. The topological polar surface area (TPSA) is 108 Å². The fourth-order valence-electron chi connectivity index (χ4n) is 2.16. The lowest BCUT2D eigenvalue weighted by Crippen LogP contribution is -2.27. The molecule has 0 aliphatic rings. The van der Waals surface area contributed by atoms with Crippen molar-refractivity contribution in [2.24, 2.45) is 0 Å². The van der Waals surface area contributed by atoms with E-state index in [2.05, 4.69) is 25.8 Å². The Kier molecular flexibility index (Phi) is 4.15. The van der Waals surface area contributed by atoms with Crippen molar-refractivity contribution >= 4 is 34.3 Å². The van der Waals surface area contributed by atoms with E-state index in [9.17, 15) is 9.59 Å². The molecule has 3 N–H and O–H groups in total. The minimum atomic E-state index is -0.314. The van der Waals surface area contributed by atoms with Crippen molar-refractivity contribution in [2.45, 2.75) is 6.54 Å². The minimum Gasteiger partial charge on any atom is -0.361 e. The molecule has 2 heterocycles. The molecule has 3 rings (SSSR count). The second kappa shape index (κ2) is 6.41. The molecule has 2 aromatic heterocycles. The molecule has 124 valence electrons. The molecule has 3 aromatic rings. The molecule has 9 nitrogen and oxygen atoms in total. The number of aromatic nitrogens is 4. The quantitative estimate of drug-likeness (QED) is 0.674. The van der Waals surface area contributed by atoms with E-state index >= 15 is 0 Å². The fourth-order valence-corrected chi connectivity index (χ4v) is 2.16. The Morgan fingerprint density at radius 2 is 2.08 bits per heavy atom. The van der Waals surface area contributed by atoms with Gasteiger partial charge in [-0.3, -0.25) is 10.1 Å². The number of hydrogen-bond acceptors (Lipinski definition) is 4. The van der Waals surface area contributed by atoms with Crippen molar-refractivity contribution in [1.82, 2.24) is 24.9 Å². The number of amides is 3. The van der Waals surface area contributed by atoms with E-state index in [-0.39, 0.29) is 24.3 Å². The van der Waals surface area contributed by atoms with E-state index in [0.29, 0.717) is 5.69 Å². The maximum Gasteiger partial charge on any atom is 0.322 e. The summed E-state index contributed by atoms with van der Waals surface area (Å²) in [6.45, 7) is -0.0569. The highest BCUT2D eigenvalue weighted by molar-refractivity contribution is 6.01. The number of rotatable bonds is 4. The number of H-pyrrole nitrogens is 1. The molecule has 0 aliphatic carbocycles. The first-order chi connectivity index (χ1) is 11.5. The summed E-state index contributed by atoms with van der Waals surface area (Å²) in [7, 11) is 3.24. The maximum absolute atomic E-state index is 12.2. The highest BCUT2D eigenvalue weighted by atomic mass is 16.2. The van der Waals surface area contributed by atoms with E-state index in [1.54, 1.807) is 14.1 Å². The Morgan fingerprint density at radius 3 is 2.88 bits per heavy atom. The number of carbonyl (C=O) groups is 2. The largest absolute Gasteiger partial charge is 0.361 e. The SMILES string of the molecule is CN(C)C(=O)Nc1cnn(CC(=O)Nc2cccc3[nH]ccc23)n1. The van der Waals surface area contributed by atoms with Crippen LogP contribution in [-0.4, -0.2) is 50.9 Å². The van der Waals surface area contributed by atoms with Crippen LogP contribution in [0.2, 0.25) is 0 Å². The van der Waals surface area contributed by atoms with Crippen molar-refractivity contribution in [2.75, 3.05) is 24.7 Å². The van der Waals surface area contributed by atoms with Crippen molar-refractivity contribution in [3.05, 3.63) is 36.7 Å². The molecule has 0 aliphatic heterocycles. The second-order valence-corrected chi connectivity index (χ2v) is 5.38. The van der Waals surface area contributed by atoms with Gasteiger partial charge in [0, 0.05) is 31.2 Å². The normalized spacial score (nSPS) is 10.6. The zero-order valence-electron chi connectivity index (χ0n) is 13.3. The number of aromatic amines is 1. The van der Waals surface area contributed by atoms with Gasteiger partial charge in [0.05, 0.1) is 11.9 Å². The van der Waals surface area contributed by atoms with Crippen LogP contribution in [-0.2, 0) is 11.3 Å². The Balaban J connectivity index is 1.64. The summed E-state index contributed by atoms with van der Waals surface area (Å²) in [6, 6.07) is 7.19. The summed E-state index contributed by atoms with van der Waals surface area (Å²) in [5.74, 6) is 0.0269. The van der Waals surface area contributed by atoms with Crippen LogP contribution in [0, 0.1) is 0 Å². The van der Waals surface area contributed by atoms with Gasteiger partial charge >= 0.3 is 6.03 Å². The highest BCUT2D eigenvalue weighted by Gasteiger charge is 2.11. The third-order valence-electron chi connectivity index (χ3n) is 3.33. The predicted molar refractivity (Wildman–Crippen MR) is 89.7 cm³/mol. The van der Waals surface area contributed by atoms with Gasteiger partial charge in [0.2, 0.25) is 5.91 Å². The maximum atomic E-state index is 12.2. The van der Waals surface area contributed by atoms with E-state index in [1.165, 1.54) is 15.9 Å². The second-order valence-electron chi connectivity index (χ2n) is 5.38. The predicted octanol–water partition coefficient (Wildman–Crippen LogP) is 1.49. The highest BCUT2D eigenvalue weighted by Crippen LogP contribution is 2.21. The number of anilines is 2. The van der Waals surface area contributed by atoms with Gasteiger partial charge in [0.1, 0.15) is 6.54 Å². The number of nitrogens with one attached hydrogen (secondary N) is 3. The third kappa shape index (κ3) is 3.35. The van der Waals surface area contributed by atoms with Gasteiger partial charge in [-0.1, -0.05) is 6.07 Å². The first-order valence-electron chi connectivity index (χ1n) is 7.27. The molecule has 0 saturated heterocycles. The first kappa shape index (κ1) is 15.5. The van der Waals surface area contributed by atoms with Crippen molar-refractivity contribution in [3.8, 4) is 0 Å². The van der Waals surface area contributed by atoms with Gasteiger partial charge in [0.15, 0.2) is 5.82 Å². The van der Waals surface area contributed by atoms with E-state index in [1.807, 2.05) is 30.5 Å². The monoisotopic (exact) mass is 327 g/mol. The van der Waals surface area contributed by atoms with Crippen molar-refractivity contribution in [3.63, 3.8) is 0 Å². The molecule has 0 bridgehead atoms. The summed E-state index contributed by atoms with van der Waals surface area (Å²) >= 11 is 0. The molecule has 9 heteroatoms. The van der Waals surface area contributed by atoms with E-state index < -0.39 is 0 Å². The summed E-state index contributed by atoms with van der Waals surface area (Å²) < 4.78 is 0. The standard InChI is InChI=1S/C15H17N7O2/c1-21(2)15(24)19-13-8-17-22(20-13)9-14(23)18-12-5-3-4-11-10(12)6-7-16-11/h3-8,16H,9H2,1-2H3,(H,18,23)(H,19,20,24). The van der Waals surface area contributed by atoms with Gasteiger partial charge in [0.25, 0.3) is 0 Å². The smallest absolute Gasteiger partial charge is 0.322 e. The molecular weight excluding hydrogens is 310 g/mol. The summed E-state index contributed by atoms with van der Waals surface area (Å²) in [5.41, 5.74) is 1.66. The Hall–Kier alpha value is -3.36. The summed E-state index contributed by atoms with van der Waals surface area (Å²) in [6.07, 6.45) is 3.21. The molecule has 0 unspecified atom stereocenters. The molecule has 0 atom stereocenters. The third-order valence-corrected chi connectivity index (χ3v) is 3.33. The van der Waals surface area contributed by atoms with Gasteiger partial charge < -0.3 is 15.2 Å². The number of fused-ring (bicyclic) bond motifs is 1. The van der Waals surface area contributed by atoms with Crippen molar-refractivity contribution < 1.29 is 9.59 Å². The summed E-state index contributed by atoms with van der Waals surface area (Å²) in [4.78, 5) is 29.4. The van der Waals surface area contributed by atoms with Gasteiger partial charge in [-0.15, -0.1) is 5.10 Å². The van der Waals surface area contributed by atoms with Crippen LogP contribution < -0.4 is 10.6 Å². The Morgan fingerprint density at radius 1 is 1.25 bits per heavy atom. The van der Waals surface area contributed by atoms with Crippen LogP contribution in [0.5, 0.6) is 0 Å². The number of nitrogens with zero attached hydrogens (tertiary/aromatic N) is 4. The van der Waals surface area contributed by atoms with Crippen LogP contribution in [0.25, 0.3) is 10.9 Å². The number of hydrogen-bond donors (Lipinski definition) is 3. The molecular formula is C15H17N7O2. The molecule has 0 fully saturated rings. The van der Waals surface area contributed by atoms with Crippen LogP contribution in [0.1, 0.15) is 0 Å². The summed E-state index contributed by atoms with van der Waals surface area (Å²) in [5, 5.41) is 14.3. The van der Waals surface area contributed by atoms with Crippen LogP contribution in [0.4, 0.5) is 16.3 Å². The van der Waals surface area contributed by atoms with E-state index in [0.717, 1.165) is 10.9 Å². The molecule has 24 heavy (non-hydrogen) atoms. The number of urea groups is 1. The minimum absolute atomic E-state index is 0.0569. The van der Waals surface area contributed by atoms with Crippen LogP contribution in [0.15, 0.2) is 36.7 Å². The molecule has 3 amide bonds. The lowest BCUT2D eigenvalue weighted by molar-refractivity contribution is -0.117. The zero-order chi connectivity index (χ0) is 17.1. The number of benzene rings is 1. The lowest BCUT2D eigenvalue weighted by atomic mass is 10.2. The fraction of sp³-hybridized carbons (Fsp3) is 0.200. The molecule has 0 radical (unpaired) electrons. The average Bonchev–Trinajstić information content (AvgIpc) is 3.17. The molecule has 1 aromatic carbocycles. The van der Waals surface area contributed by atoms with Gasteiger partial charge in [-0.25, -0.2) is 4.79 Å².